The Labute approximate surface area is 213 Å². The zero-order chi connectivity index (χ0) is 26.3. The zero-order valence-electron chi connectivity index (χ0n) is 20.1. The first-order valence-electron chi connectivity index (χ1n) is 11.7. The number of hydrogen-bond acceptors (Lipinski definition) is 3. The standard InChI is InChI=1S/C28H28ClF3O4/c1-3-19-16-22(11-8-20(19)9-13-27(33)34)35-15-14-18(2)36-26-12-10-21(28(30,31)32)17-24(26)23-6-4-5-7-25(23)29/h4-8,10-12,16-18H,3,9,13-15H2,1-2H3,(H,33,34)/t18-/m0/s1. The lowest BCUT2D eigenvalue weighted by atomic mass is 10.0. The molecular formula is C28H28ClF3O4. The number of alkyl halides is 3. The fourth-order valence-electron chi connectivity index (χ4n) is 3.82. The lowest BCUT2D eigenvalue weighted by Gasteiger charge is -2.20. The van der Waals surface area contributed by atoms with E-state index in [2.05, 4.69) is 0 Å². The zero-order valence-corrected chi connectivity index (χ0v) is 20.8. The monoisotopic (exact) mass is 520 g/mol. The third kappa shape index (κ3) is 7.40. The molecule has 0 aliphatic rings. The summed E-state index contributed by atoms with van der Waals surface area (Å²) in [5.41, 5.74) is 1.97. The van der Waals surface area contributed by atoms with Crippen LogP contribution in [-0.2, 0) is 23.8 Å². The molecule has 0 fully saturated rings. The molecule has 0 amide bonds. The Morgan fingerprint density at radius 2 is 1.78 bits per heavy atom. The highest BCUT2D eigenvalue weighted by molar-refractivity contribution is 6.33. The third-order valence-corrected chi connectivity index (χ3v) is 6.09. The lowest BCUT2D eigenvalue weighted by molar-refractivity contribution is -0.138. The number of halogens is 4. The molecule has 1 N–H and O–H groups in total. The molecule has 0 saturated heterocycles. The summed E-state index contributed by atoms with van der Waals surface area (Å²) in [4.78, 5) is 10.9. The maximum atomic E-state index is 13.3. The van der Waals surface area contributed by atoms with Crippen molar-refractivity contribution in [1.82, 2.24) is 0 Å². The van der Waals surface area contributed by atoms with Crippen LogP contribution < -0.4 is 9.47 Å². The summed E-state index contributed by atoms with van der Waals surface area (Å²) in [6.45, 7) is 4.16. The van der Waals surface area contributed by atoms with Crippen molar-refractivity contribution in [3.63, 3.8) is 0 Å². The van der Waals surface area contributed by atoms with Crippen molar-refractivity contribution in [3.05, 3.63) is 82.4 Å². The van der Waals surface area contributed by atoms with E-state index in [0.29, 0.717) is 41.5 Å². The predicted molar refractivity (Wildman–Crippen MR) is 134 cm³/mol. The quantitative estimate of drug-likeness (QED) is 0.280. The molecule has 0 spiro atoms. The minimum Gasteiger partial charge on any atom is -0.493 e. The van der Waals surface area contributed by atoms with Gasteiger partial charge in [0.1, 0.15) is 11.5 Å². The minimum atomic E-state index is -4.49. The van der Waals surface area contributed by atoms with Crippen LogP contribution in [0.3, 0.4) is 0 Å². The Hall–Kier alpha value is -3.19. The van der Waals surface area contributed by atoms with Gasteiger partial charge in [0.15, 0.2) is 0 Å². The van der Waals surface area contributed by atoms with Gasteiger partial charge in [-0.15, -0.1) is 0 Å². The fraction of sp³-hybridized carbons (Fsp3) is 0.321. The van der Waals surface area contributed by atoms with Gasteiger partial charge in [0.2, 0.25) is 0 Å². The van der Waals surface area contributed by atoms with Crippen LogP contribution in [0.15, 0.2) is 60.7 Å². The first-order chi connectivity index (χ1) is 17.1. The second kappa shape index (κ2) is 12.2. The first-order valence-corrected chi connectivity index (χ1v) is 12.1. The van der Waals surface area contributed by atoms with Crippen LogP contribution in [0.25, 0.3) is 11.1 Å². The van der Waals surface area contributed by atoms with Crippen LogP contribution in [0.1, 0.15) is 43.4 Å². The average molecular weight is 521 g/mol. The summed E-state index contributed by atoms with van der Waals surface area (Å²) in [5.74, 6) is 0.140. The molecule has 3 aromatic carbocycles. The lowest BCUT2D eigenvalue weighted by Crippen LogP contribution is -2.16. The van der Waals surface area contributed by atoms with Crippen LogP contribution in [0, 0.1) is 0 Å². The molecular weight excluding hydrogens is 493 g/mol. The Balaban J connectivity index is 1.68. The Morgan fingerprint density at radius 3 is 2.44 bits per heavy atom. The summed E-state index contributed by atoms with van der Waals surface area (Å²) in [6.07, 6.45) is -3.06. The molecule has 0 aliphatic heterocycles. The molecule has 0 aliphatic carbocycles. The van der Waals surface area contributed by atoms with E-state index in [-0.39, 0.29) is 18.1 Å². The molecule has 0 heterocycles. The fourth-order valence-corrected chi connectivity index (χ4v) is 4.06. The van der Waals surface area contributed by atoms with Gasteiger partial charge in [-0.3, -0.25) is 4.79 Å². The topological polar surface area (TPSA) is 55.8 Å². The van der Waals surface area contributed by atoms with E-state index in [0.717, 1.165) is 29.7 Å². The van der Waals surface area contributed by atoms with Crippen LogP contribution >= 0.6 is 11.6 Å². The van der Waals surface area contributed by atoms with Crippen molar-refractivity contribution in [2.45, 2.75) is 51.8 Å². The summed E-state index contributed by atoms with van der Waals surface area (Å²) in [5, 5.41) is 9.25. The summed E-state index contributed by atoms with van der Waals surface area (Å²) in [7, 11) is 0. The van der Waals surface area contributed by atoms with E-state index in [1.54, 1.807) is 24.3 Å². The number of rotatable bonds is 11. The number of carbonyl (C=O) groups is 1. The third-order valence-electron chi connectivity index (χ3n) is 5.76. The smallest absolute Gasteiger partial charge is 0.416 e. The van der Waals surface area contributed by atoms with Crippen LogP contribution in [0.5, 0.6) is 11.5 Å². The molecule has 0 unspecified atom stereocenters. The molecule has 8 heteroatoms. The number of carboxylic acid groups (broad SMARTS) is 1. The summed E-state index contributed by atoms with van der Waals surface area (Å²) >= 11 is 6.27. The van der Waals surface area contributed by atoms with E-state index < -0.39 is 17.7 Å². The van der Waals surface area contributed by atoms with Gasteiger partial charge >= 0.3 is 12.1 Å². The Kier molecular flexibility index (Phi) is 9.26. The number of benzene rings is 3. The molecule has 4 nitrogen and oxygen atoms in total. The summed E-state index contributed by atoms with van der Waals surface area (Å²) in [6, 6.07) is 15.7. The van der Waals surface area contributed by atoms with Gasteiger partial charge in [-0.1, -0.05) is 42.8 Å². The minimum absolute atomic E-state index is 0.0716. The molecule has 3 aromatic rings. The van der Waals surface area contributed by atoms with Gasteiger partial charge in [0.25, 0.3) is 0 Å². The van der Waals surface area contributed by atoms with Gasteiger partial charge in [-0.2, -0.15) is 13.2 Å². The van der Waals surface area contributed by atoms with Gasteiger partial charge in [0.05, 0.1) is 18.3 Å². The number of carboxylic acids is 1. The number of aliphatic carboxylic acids is 1. The Bertz CT molecular complexity index is 1190. The van der Waals surface area contributed by atoms with Crippen molar-refractivity contribution in [1.29, 1.82) is 0 Å². The van der Waals surface area contributed by atoms with Crippen molar-refractivity contribution in [2.75, 3.05) is 6.61 Å². The molecule has 1 atom stereocenters. The van der Waals surface area contributed by atoms with E-state index in [9.17, 15) is 18.0 Å². The normalized spacial score (nSPS) is 12.3. The largest absolute Gasteiger partial charge is 0.493 e. The van der Waals surface area contributed by atoms with Gasteiger partial charge in [-0.05, 0) is 67.3 Å². The van der Waals surface area contributed by atoms with Crippen LogP contribution in [0.2, 0.25) is 5.02 Å². The van der Waals surface area contributed by atoms with Gasteiger partial charge in [0, 0.05) is 29.0 Å². The number of aryl methyl sites for hydroxylation is 2. The second-order valence-corrected chi connectivity index (χ2v) is 8.84. The van der Waals surface area contributed by atoms with Crippen molar-refractivity contribution < 1.29 is 32.5 Å². The first kappa shape index (κ1) is 27.4. The highest BCUT2D eigenvalue weighted by Gasteiger charge is 2.31. The highest BCUT2D eigenvalue weighted by Crippen LogP contribution is 2.40. The summed E-state index contributed by atoms with van der Waals surface area (Å²) < 4.78 is 51.9. The molecule has 36 heavy (non-hydrogen) atoms. The predicted octanol–water partition coefficient (Wildman–Crippen LogP) is 7.84. The maximum Gasteiger partial charge on any atom is 0.416 e. The number of hydrogen-bond donors (Lipinski definition) is 1. The Morgan fingerprint density at radius 1 is 1.03 bits per heavy atom. The van der Waals surface area contributed by atoms with Crippen molar-refractivity contribution in [2.24, 2.45) is 0 Å². The molecule has 0 radical (unpaired) electrons. The SMILES string of the molecule is CCc1cc(OCC[C@H](C)Oc2ccc(C(F)(F)F)cc2-c2ccccc2Cl)ccc1CCC(=O)O. The van der Waals surface area contributed by atoms with Crippen molar-refractivity contribution >= 4 is 17.6 Å². The average Bonchev–Trinajstić information content (AvgIpc) is 2.83. The molecule has 192 valence electrons. The van der Waals surface area contributed by atoms with Crippen molar-refractivity contribution in [3.8, 4) is 22.6 Å². The van der Waals surface area contributed by atoms with Crippen LogP contribution in [-0.4, -0.2) is 23.8 Å². The van der Waals surface area contributed by atoms with E-state index >= 15 is 0 Å². The van der Waals surface area contributed by atoms with E-state index in [4.69, 9.17) is 26.2 Å². The van der Waals surface area contributed by atoms with E-state index in [1.807, 2.05) is 32.0 Å². The van der Waals surface area contributed by atoms with Gasteiger partial charge < -0.3 is 14.6 Å². The molecule has 0 aromatic heterocycles. The maximum absolute atomic E-state index is 13.3. The molecule has 3 rings (SSSR count). The highest BCUT2D eigenvalue weighted by atomic mass is 35.5. The molecule has 0 bridgehead atoms. The van der Waals surface area contributed by atoms with E-state index in [1.165, 1.54) is 6.07 Å². The molecule has 0 saturated carbocycles. The second-order valence-electron chi connectivity index (χ2n) is 8.43. The number of ether oxygens (including phenoxy) is 2. The van der Waals surface area contributed by atoms with Crippen LogP contribution in [0.4, 0.5) is 13.2 Å². The van der Waals surface area contributed by atoms with Gasteiger partial charge in [-0.25, -0.2) is 0 Å².